The van der Waals surface area contributed by atoms with E-state index in [2.05, 4.69) is 5.32 Å². The molecule has 174 valence electrons. The highest BCUT2D eigenvalue weighted by atomic mass is 35.5. The first-order chi connectivity index (χ1) is 16.4. The number of amides is 3. The Hall–Kier alpha value is -3.35. The Labute approximate surface area is 208 Å². The molecule has 1 fully saturated rings. The Bertz CT molecular complexity index is 1190. The fourth-order valence-electron chi connectivity index (χ4n) is 3.81. The topological polar surface area (TPSA) is 69.7 Å². The molecule has 0 saturated carbocycles. The van der Waals surface area contributed by atoms with Crippen molar-refractivity contribution in [3.63, 3.8) is 0 Å². The van der Waals surface area contributed by atoms with Crippen LogP contribution in [-0.4, -0.2) is 60.2 Å². The van der Waals surface area contributed by atoms with E-state index in [1.165, 1.54) is 0 Å². The molecule has 3 aromatic rings. The van der Waals surface area contributed by atoms with Gasteiger partial charge in [-0.15, -0.1) is 0 Å². The zero-order chi connectivity index (χ0) is 24.1. The summed E-state index contributed by atoms with van der Waals surface area (Å²) in [4.78, 5) is 41.1. The van der Waals surface area contributed by atoms with Crippen LogP contribution in [0.2, 0.25) is 10.0 Å². The number of hydrogen-bond acceptors (Lipinski definition) is 3. The van der Waals surface area contributed by atoms with Crippen LogP contribution in [0.4, 0.5) is 0 Å². The molecule has 34 heavy (non-hydrogen) atoms. The summed E-state index contributed by atoms with van der Waals surface area (Å²) in [7, 11) is 0. The molecule has 6 nitrogen and oxygen atoms in total. The summed E-state index contributed by atoms with van der Waals surface area (Å²) in [6.45, 7) is 1.41. The minimum atomic E-state index is -0.308. The summed E-state index contributed by atoms with van der Waals surface area (Å²) in [5.41, 5.74) is 2.92. The lowest BCUT2D eigenvalue weighted by Gasteiger charge is -2.35. The highest BCUT2D eigenvalue weighted by molar-refractivity contribution is 6.35. The minimum Gasteiger partial charge on any atom is -0.343 e. The number of rotatable bonds is 5. The Morgan fingerprint density at radius 1 is 0.765 bits per heavy atom. The third kappa shape index (κ3) is 5.58. The molecule has 1 saturated heterocycles. The fourth-order valence-corrected chi connectivity index (χ4v) is 4.18. The highest BCUT2D eigenvalue weighted by Gasteiger charge is 2.26. The Kier molecular flexibility index (Phi) is 7.50. The highest BCUT2D eigenvalue weighted by Crippen LogP contribution is 2.23. The summed E-state index contributed by atoms with van der Waals surface area (Å²) in [5.74, 6) is -0.716. The van der Waals surface area contributed by atoms with Gasteiger partial charge in [-0.1, -0.05) is 65.7 Å². The maximum Gasteiger partial charge on any atom is 0.255 e. The van der Waals surface area contributed by atoms with Crippen molar-refractivity contribution in [3.8, 4) is 11.1 Å². The van der Waals surface area contributed by atoms with Gasteiger partial charge < -0.3 is 15.1 Å². The molecule has 0 radical (unpaired) electrons. The molecule has 0 unspecified atom stereocenters. The van der Waals surface area contributed by atoms with Gasteiger partial charge >= 0.3 is 0 Å². The second kappa shape index (κ2) is 10.7. The van der Waals surface area contributed by atoms with E-state index in [9.17, 15) is 14.4 Å². The summed E-state index contributed by atoms with van der Waals surface area (Å²) in [6.07, 6.45) is 0. The van der Waals surface area contributed by atoms with Gasteiger partial charge in [0.05, 0.1) is 17.1 Å². The minimum absolute atomic E-state index is 0.104. The van der Waals surface area contributed by atoms with Crippen molar-refractivity contribution in [2.45, 2.75) is 0 Å². The summed E-state index contributed by atoms with van der Waals surface area (Å²) < 4.78 is 0. The molecule has 0 atom stereocenters. The smallest absolute Gasteiger partial charge is 0.255 e. The Morgan fingerprint density at radius 3 is 2.06 bits per heavy atom. The standard InChI is InChI=1S/C26H23Cl2N3O3/c27-21-10-11-23(28)22(16-21)26(34)31-14-12-30(13-15-31)24(32)17-29-25(33)20-8-6-19(7-9-20)18-4-2-1-3-5-18/h1-11,16H,12-15,17H2,(H,29,33). The SMILES string of the molecule is O=C(NCC(=O)N1CCN(C(=O)c2cc(Cl)ccc2Cl)CC1)c1ccc(-c2ccccc2)cc1. The van der Waals surface area contributed by atoms with Crippen LogP contribution < -0.4 is 5.32 Å². The van der Waals surface area contributed by atoms with E-state index in [1.807, 2.05) is 42.5 Å². The molecule has 0 bridgehead atoms. The van der Waals surface area contributed by atoms with Gasteiger partial charge in [-0.3, -0.25) is 14.4 Å². The van der Waals surface area contributed by atoms with Crippen LogP contribution in [0.25, 0.3) is 11.1 Å². The van der Waals surface area contributed by atoms with Gasteiger partial charge in [0.2, 0.25) is 5.91 Å². The van der Waals surface area contributed by atoms with E-state index in [1.54, 1.807) is 40.1 Å². The van der Waals surface area contributed by atoms with Crippen LogP contribution in [0, 0.1) is 0 Å². The lowest BCUT2D eigenvalue weighted by Crippen LogP contribution is -2.52. The van der Waals surface area contributed by atoms with E-state index < -0.39 is 0 Å². The number of nitrogens with one attached hydrogen (secondary N) is 1. The zero-order valence-corrected chi connectivity index (χ0v) is 19.9. The van der Waals surface area contributed by atoms with Crippen LogP contribution >= 0.6 is 23.2 Å². The third-order valence-corrected chi connectivity index (χ3v) is 6.30. The van der Waals surface area contributed by atoms with Crippen LogP contribution in [0.5, 0.6) is 0 Å². The normalized spacial score (nSPS) is 13.5. The molecule has 1 heterocycles. The first kappa shape index (κ1) is 23.8. The maximum atomic E-state index is 12.8. The van der Waals surface area contributed by atoms with Gasteiger partial charge in [-0.05, 0) is 41.5 Å². The number of carbonyl (C=O) groups excluding carboxylic acids is 3. The Balaban J connectivity index is 1.27. The Morgan fingerprint density at radius 2 is 1.38 bits per heavy atom. The van der Waals surface area contributed by atoms with Gasteiger partial charge in [0, 0.05) is 36.8 Å². The van der Waals surface area contributed by atoms with Crippen LogP contribution in [0.15, 0.2) is 72.8 Å². The monoisotopic (exact) mass is 495 g/mol. The predicted octanol–water partition coefficient (Wildman–Crippen LogP) is 4.37. The largest absolute Gasteiger partial charge is 0.343 e. The molecule has 1 aliphatic rings. The molecule has 0 spiro atoms. The predicted molar refractivity (Wildman–Crippen MR) is 133 cm³/mol. The van der Waals surface area contributed by atoms with E-state index in [-0.39, 0.29) is 24.3 Å². The summed E-state index contributed by atoms with van der Waals surface area (Å²) in [6, 6.07) is 21.9. The van der Waals surface area contributed by atoms with Crippen LogP contribution in [-0.2, 0) is 4.79 Å². The van der Waals surface area contributed by atoms with E-state index >= 15 is 0 Å². The van der Waals surface area contributed by atoms with E-state index in [0.717, 1.165) is 11.1 Å². The summed E-state index contributed by atoms with van der Waals surface area (Å²) >= 11 is 12.1. The average Bonchev–Trinajstić information content (AvgIpc) is 2.88. The zero-order valence-electron chi connectivity index (χ0n) is 18.3. The number of piperazine rings is 1. The number of hydrogen-bond donors (Lipinski definition) is 1. The molecule has 1 aliphatic heterocycles. The number of carbonyl (C=O) groups is 3. The number of benzene rings is 3. The molecule has 1 N–H and O–H groups in total. The van der Waals surface area contributed by atoms with Crippen molar-refractivity contribution in [3.05, 3.63) is 94.0 Å². The second-order valence-electron chi connectivity index (χ2n) is 7.92. The lowest BCUT2D eigenvalue weighted by atomic mass is 10.0. The number of halogens is 2. The van der Waals surface area contributed by atoms with Crippen molar-refractivity contribution < 1.29 is 14.4 Å². The molecule has 8 heteroatoms. The van der Waals surface area contributed by atoms with E-state index in [0.29, 0.717) is 47.4 Å². The summed E-state index contributed by atoms with van der Waals surface area (Å²) in [5, 5.41) is 3.46. The van der Waals surface area contributed by atoms with Crippen LogP contribution in [0.1, 0.15) is 20.7 Å². The lowest BCUT2D eigenvalue weighted by molar-refractivity contribution is -0.131. The van der Waals surface area contributed by atoms with Gasteiger partial charge in [-0.25, -0.2) is 0 Å². The van der Waals surface area contributed by atoms with E-state index in [4.69, 9.17) is 23.2 Å². The van der Waals surface area contributed by atoms with Gasteiger partial charge in [-0.2, -0.15) is 0 Å². The number of nitrogens with zero attached hydrogens (tertiary/aromatic N) is 2. The van der Waals surface area contributed by atoms with Crippen LogP contribution in [0.3, 0.4) is 0 Å². The van der Waals surface area contributed by atoms with Crippen molar-refractivity contribution in [2.75, 3.05) is 32.7 Å². The third-order valence-electron chi connectivity index (χ3n) is 5.73. The van der Waals surface area contributed by atoms with Crippen molar-refractivity contribution in [2.24, 2.45) is 0 Å². The maximum absolute atomic E-state index is 12.8. The van der Waals surface area contributed by atoms with Gasteiger partial charge in [0.1, 0.15) is 0 Å². The molecule has 0 aliphatic carbocycles. The van der Waals surface area contributed by atoms with Gasteiger partial charge in [0.15, 0.2) is 0 Å². The van der Waals surface area contributed by atoms with Crippen molar-refractivity contribution in [1.82, 2.24) is 15.1 Å². The molecular weight excluding hydrogens is 473 g/mol. The van der Waals surface area contributed by atoms with Crippen molar-refractivity contribution in [1.29, 1.82) is 0 Å². The second-order valence-corrected chi connectivity index (χ2v) is 8.77. The molecule has 4 rings (SSSR count). The first-order valence-corrected chi connectivity index (χ1v) is 11.6. The molecular formula is C26H23Cl2N3O3. The molecule has 3 aromatic carbocycles. The van der Waals surface area contributed by atoms with Gasteiger partial charge in [0.25, 0.3) is 11.8 Å². The average molecular weight is 496 g/mol. The molecule has 3 amide bonds. The fraction of sp³-hybridized carbons (Fsp3) is 0.192. The van der Waals surface area contributed by atoms with Crippen molar-refractivity contribution >= 4 is 40.9 Å². The first-order valence-electron chi connectivity index (χ1n) is 10.9. The molecule has 0 aromatic heterocycles. The quantitative estimate of drug-likeness (QED) is 0.570.